The van der Waals surface area contributed by atoms with Gasteiger partial charge in [0.1, 0.15) is 0 Å². The Morgan fingerprint density at radius 3 is 2.65 bits per heavy atom. The fraction of sp³-hybridized carbons (Fsp3) is 0.643. The topological polar surface area (TPSA) is 20.3 Å². The number of nitrogens with zero attached hydrogens (tertiary/aromatic N) is 1. The molecule has 2 nitrogen and oxygen atoms in total. The highest BCUT2D eigenvalue weighted by atomic mass is 32.1. The van der Waals surface area contributed by atoms with Crippen molar-refractivity contribution < 1.29 is 4.79 Å². The molecule has 0 fully saturated rings. The van der Waals surface area contributed by atoms with Gasteiger partial charge in [-0.05, 0) is 43.9 Å². The Hall–Kier alpha value is -0.670. The van der Waals surface area contributed by atoms with Gasteiger partial charge in [0.15, 0.2) is 5.78 Å². The molecule has 0 saturated carbocycles. The second kappa shape index (κ2) is 8.43. The average Bonchev–Trinajstić information content (AvgIpc) is 2.87. The second-order valence-electron chi connectivity index (χ2n) is 4.29. The van der Waals surface area contributed by atoms with Crippen LogP contribution in [-0.4, -0.2) is 30.3 Å². The van der Waals surface area contributed by atoms with Crippen molar-refractivity contribution in [2.75, 3.05) is 19.6 Å². The van der Waals surface area contributed by atoms with Crippen LogP contribution in [0.3, 0.4) is 0 Å². The third-order valence-corrected chi connectivity index (χ3v) is 3.86. The molecule has 3 heteroatoms. The lowest BCUT2D eigenvalue weighted by molar-refractivity contribution is 0.0979. The SMILES string of the molecule is CCCCN(CC)CCCC(=O)c1cccs1. The van der Waals surface area contributed by atoms with Crippen molar-refractivity contribution in [3.05, 3.63) is 22.4 Å². The Morgan fingerprint density at radius 2 is 2.06 bits per heavy atom. The molecule has 0 amide bonds. The zero-order valence-corrected chi connectivity index (χ0v) is 11.8. The number of rotatable bonds is 9. The number of unbranched alkanes of at least 4 members (excludes halogenated alkanes) is 1. The number of hydrogen-bond donors (Lipinski definition) is 0. The van der Waals surface area contributed by atoms with Gasteiger partial charge in [0, 0.05) is 6.42 Å². The van der Waals surface area contributed by atoms with E-state index in [1.165, 1.54) is 19.4 Å². The van der Waals surface area contributed by atoms with E-state index in [9.17, 15) is 4.79 Å². The maximum Gasteiger partial charge on any atom is 0.172 e. The molecular weight excluding hydrogens is 230 g/mol. The smallest absolute Gasteiger partial charge is 0.172 e. The summed E-state index contributed by atoms with van der Waals surface area (Å²) in [5.74, 6) is 0.298. The van der Waals surface area contributed by atoms with Gasteiger partial charge in [-0.25, -0.2) is 0 Å². The van der Waals surface area contributed by atoms with E-state index in [2.05, 4.69) is 18.7 Å². The standard InChI is InChI=1S/C14H23NOS/c1-3-5-10-15(4-2)11-6-8-13(16)14-9-7-12-17-14/h7,9,12H,3-6,8,10-11H2,1-2H3. The van der Waals surface area contributed by atoms with Crippen LogP contribution in [0.1, 0.15) is 49.2 Å². The molecule has 0 aliphatic rings. The molecule has 0 aliphatic carbocycles. The molecule has 1 aromatic heterocycles. The largest absolute Gasteiger partial charge is 0.304 e. The van der Waals surface area contributed by atoms with E-state index < -0.39 is 0 Å². The third-order valence-electron chi connectivity index (χ3n) is 2.95. The molecule has 0 aliphatic heterocycles. The van der Waals surface area contributed by atoms with Gasteiger partial charge >= 0.3 is 0 Å². The predicted molar refractivity (Wildman–Crippen MR) is 74.9 cm³/mol. The summed E-state index contributed by atoms with van der Waals surface area (Å²) >= 11 is 1.55. The van der Waals surface area contributed by atoms with E-state index in [0.717, 1.165) is 24.4 Å². The molecule has 0 aromatic carbocycles. The van der Waals surface area contributed by atoms with Gasteiger partial charge in [-0.1, -0.05) is 26.3 Å². The minimum absolute atomic E-state index is 0.298. The fourth-order valence-electron chi connectivity index (χ4n) is 1.83. The van der Waals surface area contributed by atoms with Crippen LogP contribution in [-0.2, 0) is 0 Å². The Morgan fingerprint density at radius 1 is 1.29 bits per heavy atom. The molecule has 0 N–H and O–H groups in total. The fourth-order valence-corrected chi connectivity index (χ4v) is 2.53. The lowest BCUT2D eigenvalue weighted by Crippen LogP contribution is -2.26. The second-order valence-corrected chi connectivity index (χ2v) is 5.24. The summed E-state index contributed by atoms with van der Waals surface area (Å²) in [6.07, 6.45) is 4.16. The lowest BCUT2D eigenvalue weighted by Gasteiger charge is -2.19. The number of Topliss-reactive ketones (excluding diaryl/α,β-unsaturated/α-hetero) is 1. The molecule has 0 atom stereocenters. The van der Waals surface area contributed by atoms with Gasteiger partial charge in [0.2, 0.25) is 0 Å². The average molecular weight is 253 g/mol. The summed E-state index contributed by atoms with van der Waals surface area (Å²) in [5.41, 5.74) is 0. The van der Waals surface area contributed by atoms with Gasteiger partial charge in [0.25, 0.3) is 0 Å². The van der Waals surface area contributed by atoms with Crippen molar-refractivity contribution in [2.45, 2.75) is 39.5 Å². The van der Waals surface area contributed by atoms with Gasteiger partial charge in [-0.2, -0.15) is 0 Å². The molecule has 0 bridgehead atoms. The Kier molecular flexibility index (Phi) is 7.13. The highest BCUT2D eigenvalue weighted by molar-refractivity contribution is 7.12. The summed E-state index contributed by atoms with van der Waals surface area (Å²) in [5, 5.41) is 1.97. The zero-order valence-electron chi connectivity index (χ0n) is 10.9. The number of ketones is 1. The highest BCUT2D eigenvalue weighted by Crippen LogP contribution is 2.12. The maximum absolute atomic E-state index is 11.8. The normalized spacial score (nSPS) is 11.0. The molecular formula is C14H23NOS. The molecule has 0 unspecified atom stereocenters. The Labute approximate surface area is 109 Å². The lowest BCUT2D eigenvalue weighted by atomic mass is 10.2. The van der Waals surface area contributed by atoms with Crippen LogP contribution in [0.25, 0.3) is 0 Å². The van der Waals surface area contributed by atoms with E-state index in [1.807, 2.05) is 17.5 Å². The molecule has 17 heavy (non-hydrogen) atoms. The first-order valence-electron chi connectivity index (χ1n) is 6.57. The number of carbonyl (C=O) groups is 1. The van der Waals surface area contributed by atoms with E-state index in [1.54, 1.807) is 11.3 Å². The maximum atomic E-state index is 11.8. The first kappa shape index (κ1) is 14.4. The number of carbonyl (C=O) groups excluding carboxylic acids is 1. The third kappa shape index (κ3) is 5.46. The summed E-state index contributed by atoms with van der Waals surface area (Å²) in [7, 11) is 0. The van der Waals surface area contributed by atoms with Crippen molar-refractivity contribution >= 4 is 17.1 Å². The predicted octanol–water partition coefficient (Wildman–Crippen LogP) is 3.83. The van der Waals surface area contributed by atoms with E-state index >= 15 is 0 Å². The van der Waals surface area contributed by atoms with Crippen LogP contribution in [0.2, 0.25) is 0 Å². The molecule has 96 valence electrons. The summed E-state index contributed by atoms with van der Waals surface area (Å²) < 4.78 is 0. The Balaban J connectivity index is 2.19. The van der Waals surface area contributed by atoms with Crippen LogP contribution < -0.4 is 0 Å². The highest BCUT2D eigenvalue weighted by Gasteiger charge is 2.07. The minimum Gasteiger partial charge on any atom is -0.304 e. The number of hydrogen-bond acceptors (Lipinski definition) is 3. The first-order chi connectivity index (χ1) is 8.27. The Bertz CT molecular complexity index is 308. The van der Waals surface area contributed by atoms with Gasteiger partial charge in [0.05, 0.1) is 4.88 Å². The van der Waals surface area contributed by atoms with E-state index in [4.69, 9.17) is 0 Å². The van der Waals surface area contributed by atoms with E-state index in [-0.39, 0.29) is 0 Å². The van der Waals surface area contributed by atoms with Gasteiger partial charge < -0.3 is 4.90 Å². The first-order valence-corrected chi connectivity index (χ1v) is 7.45. The minimum atomic E-state index is 0.298. The molecule has 1 aromatic rings. The van der Waals surface area contributed by atoms with Crippen LogP contribution in [0.4, 0.5) is 0 Å². The van der Waals surface area contributed by atoms with Crippen molar-refractivity contribution in [3.8, 4) is 0 Å². The van der Waals surface area contributed by atoms with Gasteiger partial charge in [-0.3, -0.25) is 4.79 Å². The van der Waals surface area contributed by atoms with Crippen LogP contribution >= 0.6 is 11.3 Å². The van der Waals surface area contributed by atoms with Crippen molar-refractivity contribution in [1.29, 1.82) is 0 Å². The van der Waals surface area contributed by atoms with Crippen LogP contribution in [0.15, 0.2) is 17.5 Å². The van der Waals surface area contributed by atoms with Gasteiger partial charge in [-0.15, -0.1) is 11.3 Å². The quantitative estimate of drug-likeness (QED) is 0.623. The summed E-state index contributed by atoms with van der Waals surface area (Å²) in [6.45, 7) is 7.71. The summed E-state index contributed by atoms with van der Waals surface area (Å²) in [4.78, 5) is 15.1. The monoisotopic (exact) mass is 253 g/mol. The molecule has 0 spiro atoms. The molecule has 1 rings (SSSR count). The van der Waals surface area contributed by atoms with Crippen molar-refractivity contribution in [2.24, 2.45) is 0 Å². The molecule has 0 radical (unpaired) electrons. The molecule has 0 saturated heterocycles. The van der Waals surface area contributed by atoms with Crippen molar-refractivity contribution in [3.63, 3.8) is 0 Å². The number of thiophene rings is 1. The zero-order chi connectivity index (χ0) is 12.5. The van der Waals surface area contributed by atoms with Crippen LogP contribution in [0.5, 0.6) is 0 Å². The molecule has 1 heterocycles. The van der Waals surface area contributed by atoms with Crippen molar-refractivity contribution in [1.82, 2.24) is 4.90 Å². The summed E-state index contributed by atoms with van der Waals surface area (Å²) in [6, 6.07) is 3.86. The van der Waals surface area contributed by atoms with Crippen LogP contribution in [0, 0.1) is 0 Å². The van der Waals surface area contributed by atoms with E-state index in [0.29, 0.717) is 12.2 Å².